The fraction of sp³-hybridized carbons (Fsp3) is 0.500. The SMILES string of the molecule is CNC(=O)Cn1cc(Nc2ncc(Cl)c(NNC(=O)C3CC4CCC3C4)n2)cn1. The summed E-state index contributed by atoms with van der Waals surface area (Å²) in [6.07, 6.45) is 9.17. The minimum absolute atomic E-state index is 0.0168. The molecule has 2 heterocycles. The number of halogens is 1. The second-order valence-corrected chi connectivity index (χ2v) is 7.92. The number of hydrazine groups is 1. The standard InChI is InChI=1S/C18H23ClN8O2/c1-20-15(28)9-27-8-12(6-22-27)23-18-21-7-14(19)16(24-18)25-26-17(29)13-5-10-2-3-11(13)4-10/h6-8,10-11,13H,2-5,9H2,1H3,(H,20,28)(H,26,29)(H2,21,23,24,25). The first-order valence-electron chi connectivity index (χ1n) is 9.60. The van der Waals surface area contributed by atoms with E-state index in [-0.39, 0.29) is 30.2 Å². The van der Waals surface area contributed by atoms with Crippen molar-refractivity contribution >= 4 is 40.9 Å². The van der Waals surface area contributed by atoms with Crippen molar-refractivity contribution in [2.24, 2.45) is 17.8 Å². The molecule has 2 fully saturated rings. The van der Waals surface area contributed by atoms with Crippen molar-refractivity contribution in [3.8, 4) is 0 Å². The van der Waals surface area contributed by atoms with Gasteiger partial charge in [-0.15, -0.1) is 0 Å². The highest BCUT2D eigenvalue weighted by Gasteiger charge is 2.43. The van der Waals surface area contributed by atoms with E-state index in [0.29, 0.717) is 28.4 Å². The lowest BCUT2D eigenvalue weighted by molar-refractivity contribution is -0.126. The summed E-state index contributed by atoms with van der Waals surface area (Å²) in [5.74, 6) is 1.66. The predicted octanol–water partition coefficient (Wildman–Crippen LogP) is 1.70. The molecule has 11 heteroatoms. The number of fused-ring (bicyclic) bond motifs is 2. The molecule has 2 saturated carbocycles. The molecule has 29 heavy (non-hydrogen) atoms. The number of nitrogens with one attached hydrogen (secondary N) is 4. The molecule has 4 rings (SSSR count). The van der Waals surface area contributed by atoms with Gasteiger partial charge in [0.05, 0.1) is 18.1 Å². The molecule has 154 valence electrons. The van der Waals surface area contributed by atoms with Gasteiger partial charge in [0.2, 0.25) is 17.8 Å². The molecule has 2 amide bonds. The molecule has 0 aromatic carbocycles. The third-order valence-electron chi connectivity index (χ3n) is 5.60. The van der Waals surface area contributed by atoms with Gasteiger partial charge in [0.1, 0.15) is 11.6 Å². The molecule has 3 atom stereocenters. The number of amides is 2. The number of hydrogen-bond donors (Lipinski definition) is 4. The molecule has 2 aromatic heterocycles. The van der Waals surface area contributed by atoms with E-state index in [2.05, 4.69) is 36.6 Å². The summed E-state index contributed by atoms with van der Waals surface area (Å²) in [6.45, 7) is 0.113. The van der Waals surface area contributed by atoms with Crippen LogP contribution in [0.15, 0.2) is 18.6 Å². The van der Waals surface area contributed by atoms with Crippen LogP contribution in [0.4, 0.5) is 17.5 Å². The van der Waals surface area contributed by atoms with E-state index >= 15 is 0 Å². The normalized spacial score (nSPS) is 22.3. The lowest BCUT2D eigenvalue weighted by Gasteiger charge is -2.21. The number of aromatic nitrogens is 4. The summed E-state index contributed by atoms with van der Waals surface area (Å²) in [4.78, 5) is 32.3. The Balaban J connectivity index is 1.36. The molecular formula is C18H23ClN8O2. The van der Waals surface area contributed by atoms with E-state index < -0.39 is 0 Å². The lowest BCUT2D eigenvalue weighted by Crippen LogP contribution is -2.37. The molecule has 2 aliphatic carbocycles. The molecule has 0 spiro atoms. The van der Waals surface area contributed by atoms with Crippen LogP contribution in [-0.4, -0.2) is 38.6 Å². The first-order valence-corrected chi connectivity index (χ1v) is 9.98. The van der Waals surface area contributed by atoms with E-state index in [4.69, 9.17) is 11.6 Å². The summed E-state index contributed by atoms with van der Waals surface area (Å²) in [7, 11) is 1.57. The molecule has 2 aromatic rings. The molecule has 0 radical (unpaired) electrons. The van der Waals surface area contributed by atoms with Gasteiger partial charge in [-0.1, -0.05) is 18.0 Å². The number of carbonyl (C=O) groups is 2. The van der Waals surface area contributed by atoms with Gasteiger partial charge in [-0.05, 0) is 31.1 Å². The molecule has 0 aliphatic heterocycles. The fourth-order valence-corrected chi connectivity index (χ4v) is 4.30. The topological polar surface area (TPSA) is 126 Å². The van der Waals surface area contributed by atoms with E-state index in [0.717, 1.165) is 19.3 Å². The summed E-state index contributed by atoms with van der Waals surface area (Å²) < 4.78 is 1.49. The van der Waals surface area contributed by atoms with Gasteiger partial charge in [0.15, 0.2) is 5.82 Å². The van der Waals surface area contributed by atoms with Crippen LogP contribution < -0.4 is 21.5 Å². The van der Waals surface area contributed by atoms with Crippen LogP contribution in [-0.2, 0) is 16.1 Å². The van der Waals surface area contributed by atoms with E-state index in [1.54, 1.807) is 19.4 Å². The number of rotatable bonds is 7. The monoisotopic (exact) mass is 418 g/mol. The third kappa shape index (κ3) is 4.42. The molecule has 2 bridgehead atoms. The maximum absolute atomic E-state index is 12.5. The van der Waals surface area contributed by atoms with Crippen molar-refractivity contribution in [2.45, 2.75) is 32.2 Å². The zero-order valence-corrected chi connectivity index (χ0v) is 16.7. The van der Waals surface area contributed by atoms with Crippen molar-refractivity contribution in [1.82, 2.24) is 30.5 Å². The quantitative estimate of drug-likeness (QED) is 0.504. The average molecular weight is 419 g/mol. The van der Waals surface area contributed by atoms with Crippen LogP contribution in [0.1, 0.15) is 25.7 Å². The second-order valence-electron chi connectivity index (χ2n) is 7.51. The van der Waals surface area contributed by atoms with Gasteiger partial charge in [0, 0.05) is 19.2 Å². The lowest BCUT2D eigenvalue weighted by atomic mass is 9.88. The van der Waals surface area contributed by atoms with Crippen LogP contribution in [0.5, 0.6) is 0 Å². The van der Waals surface area contributed by atoms with Crippen molar-refractivity contribution in [3.05, 3.63) is 23.6 Å². The third-order valence-corrected chi connectivity index (χ3v) is 5.87. The van der Waals surface area contributed by atoms with Gasteiger partial charge < -0.3 is 10.6 Å². The van der Waals surface area contributed by atoms with Crippen LogP contribution in [0.3, 0.4) is 0 Å². The van der Waals surface area contributed by atoms with Crippen LogP contribution in [0, 0.1) is 17.8 Å². The minimum atomic E-state index is -0.153. The predicted molar refractivity (Wildman–Crippen MR) is 107 cm³/mol. The Labute approximate surface area is 172 Å². The van der Waals surface area contributed by atoms with Gasteiger partial charge in [0.25, 0.3) is 0 Å². The number of carbonyl (C=O) groups excluding carboxylic acids is 2. The molecule has 10 nitrogen and oxygen atoms in total. The number of nitrogens with zero attached hydrogens (tertiary/aromatic N) is 4. The summed E-state index contributed by atoms with van der Waals surface area (Å²) in [6, 6.07) is 0. The number of anilines is 3. The van der Waals surface area contributed by atoms with Crippen molar-refractivity contribution < 1.29 is 9.59 Å². The maximum Gasteiger partial charge on any atom is 0.241 e. The number of hydrogen-bond acceptors (Lipinski definition) is 7. The van der Waals surface area contributed by atoms with Gasteiger partial charge in [-0.25, -0.2) is 4.98 Å². The summed E-state index contributed by atoms with van der Waals surface area (Å²) in [5.41, 5.74) is 6.17. The van der Waals surface area contributed by atoms with Crippen molar-refractivity contribution in [3.63, 3.8) is 0 Å². The fourth-order valence-electron chi connectivity index (χ4n) is 4.16. The Morgan fingerprint density at radius 1 is 1.28 bits per heavy atom. The maximum atomic E-state index is 12.5. The Morgan fingerprint density at radius 3 is 2.86 bits per heavy atom. The molecular weight excluding hydrogens is 396 g/mol. The van der Waals surface area contributed by atoms with Crippen LogP contribution in [0.25, 0.3) is 0 Å². The minimum Gasteiger partial charge on any atom is -0.358 e. The Bertz CT molecular complexity index is 917. The van der Waals surface area contributed by atoms with Gasteiger partial charge >= 0.3 is 0 Å². The Kier molecular flexibility index (Phi) is 5.52. The van der Waals surface area contributed by atoms with E-state index in [9.17, 15) is 9.59 Å². The molecule has 2 aliphatic rings. The van der Waals surface area contributed by atoms with E-state index in [1.165, 1.54) is 17.3 Å². The van der Waals surface area contributed by atoms with Gasteiger partial charge in [-0.3, -0.25) is 25.1 Å². The highest BCUT2D eigenvalue weighted by atomic mass is 35.5. The largest absolute Gasteiger partial charge is 0.358 e. The Hall–Kier alpha value is -2.88. The highest BCUT2D eigenvalue weighted by Crippen LogP contribution is 2.48. The van der Waals surface area contributed by atoms with Gasteiger partial charge in [-0.2, -0.15) is 10.1 Å². The van der Waals surface area contributed by atoms with Crippen LogP contribution >= 0.6 is 11.6 Å². The average Bonchev–Trinajstić information content (AvgIpc) is 3.45. The zero-order chi connectivity index (χ0) is 20.4. The molecule has 4 N–H and O–H groups in total. The zero-order valence-electron chi connectivity index (χ0n) is 16.0. The van der Waals surface area contributed by atoms with Crippen molar-refractivity contribution in [2.75, 3.05) is 17.8 Å². The smallest absolute Gasteiger partial charge is 0.241 e. The summed E-state index contributed by atoms with van der Waals surface area (Å²) >= 11 is 6.16. The summed E-state index contributed by atoms with van der Waals surface area (Å²) in [5, 5.41) is 9.93. The van der Waals surface area contributed by atoms with Crippen molar-refractivity contribution in [1.29, 1.82) is 0 Å². The highest BCUT2D eigenvalue weighted by molar-refractivity contribution is 6.32. The molecule has 3 unspecified atom stereocenters. The molecule has 0 saturated heterocycles. The second kappa shape index (κ2) is 8.24. The van der Waals surface area contributed by atoms with Crippen LogP contribution in [0.2, 0.25) is 5.02 Å². The first kappa shape index (κ1) is 19.4. The number of likely N-dealkylation sites (N-methyl/N-ethyl adjacent to an activating group) is 1. The Morgan fingerprint density at radius 2 is 2.14 bits per heavy atom. The first-order chi connectivity index (χ1) is 14.0. The van der Waals surface area contributed by atoms with E-state index in [1.807, 2.05) is 0 Å².